The normalized spacial score (nSPS) is 24.1. The van der Waals surface area contributed by atoms with Crippen LogP contribution in [0.3, 0.4) is 0 Å². The fourth-order valence-corrected chi connectivity index (χ4v) is 2.61. The minimum Gasteiger partial charge on any atom is -0.373 e. The molecule has 1 aromatic carbocycles. The summed E-state index contributed by atoms with van der Waals surface area (Å²) < 4.78 is 5.69. The summed E-state index contributed by atoms with van der Waals surface area (Å²) in [6, 6.07) is 8.77. The van der Waals surface area contributed by atoms with Crippen LogP contribution in [0.5, 0.6) is 0 Å². The fraction of sp³-hybridized carbons (Fsp3) is 0.500. The molecule has 5 heteroatoms. The number of carbonyl (C=O) groups is 1. The maximum absolute atomic E-state index is 12.3. The molecule has 5 nitrogen and oxygen atoms in total. The molecule has 0 radical (unpaired) electrons. The molecule has 1 aliphatic rings. The van der Waals surface area contributed by atoms with Gasteiger partial charge in [0, 0.05) is 18.8 Å². The molecule has 112 valence electrons. The van der Waals surface area contributed by atoms with E-state index in [4.69, 9.17) is 10.00 Å². The van der Waals surface area contributed by atoms with Crippen molar-refractivity contribution >= 4 is 11.6 Å². The minimum absolute atomic E-state index is 0.0635. The maximum atomic E-state index is 12.3. The molecule has 1 saturated heterocycles. The molecular formula is C16H21N3O2. The summed E-state index contributed by atoms with van der Waals surface area (Å²) in [7, 11) is 0. The zero-order chi connectivity index (χ0) is 15.4. The first kappa shape index (κ1) is 15.5. The van der Waals surface area contributed by atoms with Gasteiger partial charge in [0.05, 0.1) is 29.9 Å². The first-order valence-electron chi connectivity index (χ1n) is 7.20. The number of nitrogens with one attached hydrogen (secondary N) is 1. The molecule has 3 unspecified atom stereocenters. The molecule has 21 heavy (non-hydrogen) atoms. The molecule has 0 aromatic heterocycles. The zero-order valence-corrected chi connectivity index (χ0v) is 12.7. The fourth-order valence-electron chi connectivity index (χ4n) is 2.61. The van der Waals surface area contributed by atoms with Gasteiger partial charge in [-0.05, 0) is 39.0 Å². The van der Waals surface area contributed by atoms with Gasteiger partial charge in [-0.3, -0.25) is 9.69 Å². The Balaban J connectivity index is 2.00. The number of hydrogen-bond donors (Lipinski definition) is 1. The standard InChI is InChI=1S/C16H21N3O2/c1-11-9-19(10-12(2)21-11)13(3)16(20)18-15-6-4-5-14(7-15)8-17/h4-7,11-13H,9-10H2,1-3H3,(H,18,20). The lowest BCUT2D eigenvalue weighted by molar-refractivity contribution is -0.126. The first-order chi connectivity index (χ1) is 9.99. The second kappa shape index (κ2) is 6.70. The average Bonchev–Trinajstić information content (AvgIpc) is 2.45. The molecule has 3 atom stereocenters. The minimum atomic E-state index is -0.232. The van der Waals surface area contributed by atoms with Gasteiger partial charge in [-0.25, -0.2) is 0 Å². The van der Waals surface area contributed by atoms with Crippen LogP contribution in [0.15, 0.2) is 24.3 Å². The van der Waals surface area contributed by atoms with Crippen LogP contribution in [0, 0.1) is 11.3 Å². The van der Waals surface area contributed by atoms with E-state index in [1.54, 1.807) is 24.3 Å². The third-order valence-electron chi connectivity index (χ3n) is 3.63. The van der Waals surface area contributed by atoms with Crippen LogP contribution in [-0.4, -0.2) is 42.1 Å². The first-order valence-corrected chi connectivity index (χ1v) is 7.20. The number of hydrogen-bond acceptors (Lipinski definition) is 4. The van der Waals surface area contributed by atoms with Crippen molar-refractivity contribution in [3.63, 3.8) is 0 Å². The molecule has 1 aliphatic heterocycles. The van der Waals surface area contributed by atoms with E-state index in [-0.39, 0.29) is 24.2 Å². The molecule has 0 saturated carbocycles. The van der Waals surface area contributed by atoms with Crippen molar-refractivity contribution in [1.29, 1.82) is 5.26 Å². The Kier molecular flexibility index (Phi) is 4.94. The smallest absolute Gasteiger partial charge is 0.241 e. The molecule has 1 N–H and O–H groups in total. The number of ether oxygens (including phenoxy) is 1. The van der Waals surface area contributed by atoms with Gasteiger partial charge >= 0.3 is 0 Å². The quantitative estimate of drug-likeness (QED) is 0.923. The van der Waals surface area contributed by atoms with E-state index in [0.29, 0.717) is 11.3 Å². The number of nitriles is 1. The van der Waals surface area contributed by atoms with Gasteiger partial charge < -0.3 is 10.1 Å². The number of morpholine rings is 1. The third-order valence-corrected chi connectivity index (χ3v) is 3.63. The largest absolute Gasteiger partial charge is 0.373 e. The van der Waals surface area contributed by atoms with E-state index in [1.165, 1.54) is 0 Å². The van der Waals surface area contributed by atoms with E-state index in [0.717, 1.165) is 13.1 Å². The summed E-state index contributed by atoms with van der Waals surface area (Å²) in [4.78, 5) is 14.5. The SMILES string of the molecule is CC1CN(C(C)C(=O)Nc2cccc(C#N)c2)CC(C)O1. The predicted octanol–water partition coefficient (Wildman–Crippen LogP) is 1.99. The van der Waals surface area contributed by atoms with Gasteiger partial charge in [0.1, 0.15) is 0 Å². The monoisotopic (exact) mass is 287 g/mol. The Hall–Kier alpha value is -1.90. The Morgan fingerprint density at radius 1 is 1.43 bits per heavy atom. The zero-order valence-electron chi connectivity index (χ0n) is 12.7. The Bertz CT molecular complexity index is 543. The third kappa shape index (κ3) is 4.03. The summed E-state index contributed by atoms with van der Waals surface area (Å²) in [5, 5.41) is 11.8. The molecule has 1 aromatic rings. The van der Waals surface area contributed by atoms with Crippen molar-refractivity contribution in [1.82, 2.24) is 4.90 Å². The van der Waals surface area contributed by atoms with E-state index in [9.17, 15) is 4.79 Å². The lowest BCUT2D eigenvalue weighted by atomic mass is 10.1. The summed E-state index contributed by atoms with van der Waals surface area (Å²) in [6.45, 7) is 7.43. The number of carbonyl (C=O) groups excluding carboxylic acids is 1. The number of nitrogens with zero attached hydrogens (tertiary/aromatic N) is 2. The van der Waals surface area contributed by atoms with Crippen LogP contribution in [-0.2, 0) is 9.53 Å². The van der Waals surface area contributed by atoms with Crippen LogP contribution in [0.2, 0.25) is 0 Å². The molecule has 1 fully saturated rings. The van der Waals surface area contributed by atoms with Crippen molar-refractivity contribution in [3.05, 3.63) is 29.8 Å². The van der Waals surface area contributed by atoms with Crippen LogP contribution in [0.25, 0.3) is 0 Å². The van der Waals surface area contributed by atoms with Gasteiger partial charge in [0.15, 0.2) is 0 Å². The highest BCUT2D eigenvalue weighted by molar-refractivity contribution is 5.94. The summed E-state index contributed by atoms with van der Waals surface area (Å²) in [5.41, 5.74) is 1.19. The lowest BCUT2D eigenvalue weighted by Crippen LogP contribution is -2.52. The van der Waals surface area contributed by atoms with E-state index in [2.05, 4.69) is 16.3 Å². The topological polar surface area (TPSA) is 65.4 Å². The maximum Gasteiger partial charge on any atom is 0.241 e. The van der Waals surface area contributed by atoms with E-state index >= 15 is 0 Å². The van der Waals surface area contributed by atoms with Crippen LogP contribution in [0.1, 0.15) is 26.3 Å². The van der Waals surface area contributed by atoms with Crippen molar-refractivity contribution in [3.8, 4) is 6.07 Å². The van der Waals surface area contributed by atoms with Gasteiger partial charge in [0.25, 0.3) is 0 Å². The molecule has 2 rings (SSSR count). The van der Waals surface area contributed by atoms with Gasteiger partial charge in [-0.2, -0.15) is 5.26 Å². The highest BCUT2D eigenvalue weighted by Crippen LogP contribution is 2.16. The lowest BCUT2D eigenvalue weighted by Gasteiger charge is -2.38. The Morgan fingerprint density at radius 3 is 2.71 bits per heavy atom. The number of amides is 1. The van der Waals surface area contributed by atoms with Crippen molar-refractivity contribution in [2.45, 2.75) is 39.0 Å². The van der Waals surface area contributed by atoms with E-state index in [1.807, 2.05) is 20.8 Å². The predicted molar refractivity (Wildman–Crippen MR) is 80.8 cm³/mol. The summed E-state index contributed by atoms with van der Waals surface area (Å²) in [5.74, 6) is -0.0635. The second-order valence-corrected chi connectivity index (χ2v) is 5.57. The molecule has 0 spiro atoms. The van der Waals surface area contributed by atoms with Crippen molar-refractivity contribution in [2.75, 3.05) is 18.4 Å². The van der Waals surface area contributed by atoms with Gasteiger partial charge in [0.2, 0.25) is 5.91 Å². The van der Waals surface area contributed by atoms with Crippen LogP contribution < -0.4 is 5.32 Å². The van der Waals surface area contributed by atoms with Crippen LogP contribution in [0.4, 0.5) is 5.69 Å². The summed E-state index contributed by atoms with van der Waals surface area (Å²) in [6.07, 6.45) is 0.261. The van der Waals surface area contributed by atoms with Crippen LogP contribution >= 0.6 is 0 Å². The van der Waals surface area contributed by atoms with Gasteiger partial charge in [-0.15, -0.1) is 0 Å². The van der Waals surface area contributed by atoms with E-state index < -0.39 is 0 Å². The molecule has 0 bridgehead atoms. The van der Waals surface area contributed by atoms with Crippen molar-refractivity contribution in [2.24, 2.45) is 0 Å². The molecule has 1 amide bonds. The Labute approximate surface area is 125 Å². The molecular weight excluding hydrogens is 266 g/mol. The highest BCUT2D eigenvalue weighted by atomic mass is 16.5. The Morgan fingerprint density at radius 2 is 2.10 bits per heavy atom. The number of benzene rings is 1. The van der Waals surface area contributed by atoms with Gasteiger partial charge in [-0.1, -0.05) is 6.07 Å². The number of anilines is 1. The summed E-state index contributed by atoms with van der Waals surface area (Å²) >= 11 is 0. The average molecular weight is 287 g/mol. The molecule has 1 heterocycles. The highest BCUT2D eigenvalue weighted by Gasteiger charge is 2.29. The second-order valence-electron chi connectivity index (χ2n) is 5.57. The van der Waals surface area contributed by atoms with Crippen molar-refractivity contribution < 1.29 is 9.53 Å². The molecule has 0 aliphatic carbocycles. The number of rotatable bonds is 3.